The number of methoxy groups -OCH3 is 1. The highest BCUT2D eigenvalue weighted by Gasteiger charge is 2.28. The first-order valence-electron chi connectivity index (χ1n) is 12.8. The van der Waals surface area contributed by atoms with Crippen molar-refractivity contribution in [2.24, 2.45) is 5.41 Å². The summed E-state index contributed by atoms with van der Waals surface area (Å²) >= 11 is 6.24. The average Bonchev–Trinajstić information content (AvgIpc) is 2.87. The first-order valence-corrected chi connectivity index (χ1v) is 13.2. The Kier molecular flexibility index (Phi) is 10.1. The molecule has 1 aliphatic rings. The summed E-state index contributed by atoms with van der Waals surface area (Å²) < 4.78 is 10.7. The quantitative estimate of drug-likeness (QED) is 0.292. The highest BCUT2D eigenvalue weighted by molar-refractivity contribution is 6.31. The van der Waals surface area contributed by atoms with Crippen molar-refractivity contribution in [3.63, 3.8) is 0 Å². The molecule has 0 bridgehead atoms. The van der Waals surface area contributed by atoms with Crippen LogP contribution in [0.15, 0.2) is 42.5 Å². The van der Waals surface area contributed by atoms with Gasteiger partial charge in [0.15, 0.2) is 0 Å². The van der Waals surface area contributed by atoms with E-state index in [9.17, 15) is 9.59 Å². The Morgan fingerprint density at radius 2 is 1.78 bits per heavy atom. The van der Waals surface area contributed by atoms with Crippen molar-refractivity contribution in [1.82, 2.24) is 5.32 Å². The van der Waals surface area contributed by atoms with E-state index in [1.54, 1.807) is 6.07 Å². The maximum Gasteiger partial charge on any atom is 0.311 e. The van der Waals surface area contributed by atoms with Crippen LogP contribution < -0.4 is 15.0 Å². The van der Waals surface area contributed by atoms with Crippen molar-refractivity contribution in [3.8, 4) is 5.75 Å². The fourth-order valence-electron chi connectivity index (χ4n) is 4.61. The maximum absolute atomic E-state index is 13.1. The lowest BCUT2D eigenvalue weighted by Gasteiger charge is -2.30. The molecule has 7 heteroatoms. The Morgan fingerprint density at radius 1 is 1.08 bits per heavy atom. The Balaban J connectivity index is 1.50. The predicted octanol–water partition coefficient (Wildman–Crippen LogP) is 6.05. The minimum absolute atomic E-state index is 0.0435. The molecule has 1 heterocycles. The van der Waals surface area contributed by atoms with Gasteiger partial charge < -0.3 is 19.7 Å². The van der Waals surface area contributed by atoms with E-state index in [1.807, 2.05) is 57.2 Å². The number of nitrogens with zero attached hydrogens (tertiary/aromatic N) is 1. The van der Waals surface area contributed by atoms with Gasteiger partial charge in [0.2, 0.25) is 0 Å². The fourth-order valence-corrected chi connectivity index (χ4v) is 4.78. The number of carbonyl (C=O) groups is 2. The van der Waals surface area contributed by atoms with Gasteiger partial charge in [0.1, 0.15) is 5.75 Å². The molecule has 1 unspecified atom stereocenters. The lowest BCUT2D eigenvalue weighted by molar-refractivity contribution is -0.151. The summed E-state index contributed by atoms with van der Waals surface area (Å²) in [5, 5.41) is 3.71. The van der Waals surface area contributed by atoms with Crippen LogP contribution in [0.25, 0.3) is 0 Å². The van der Waals surface area contributed by atoms with E-state index in [0.29, 0.717) is 30.0 Å². The molecule has 1 atom stereocenters. The molecular formula is C29H39ClN2O4. The molecule has 1 fully saturated rings. The molecule has 0 spiro atoms. The maximum atomic E-state index is 13.1. The van der Waals surface area contributed by atoms with Crippen LogP contribution in [0, 0.1) is 5.41 Å². The number of benzene rings is 2. The third kappa shape index (κ3) is 7.89. The molecule has 1 saturated heterocycles. The van der Waals surface area contributed by atoms with E-state index in [4.69, 9.17) is 21.1 Å². The van der Waals surface area contributed by atoms with Crippen molar-refractivity contribution >= 4 is 29.2 Å². The zero-order valence-corrected chi connectivity index (χ0v) is 22.7. The van der Waals surface area contributed by atoms with Crippen molar-refractivity contribution in [1.29, 1.82) is 0 Å². The lowest BCUT2D eigenvalue weighted by atomic mass is 9.88. The van der Waals surface area contributed by atoms with Crippen LogP contribution >= 0.6 is 11.6 Å². The Morgan fingerprint density at radius 3 is 2.44 bits per heavy atom. The van der Waals surface area contributed by atoms with Gasteiger partial charge in [-0.2, -0.15) is 0 Å². The van der Waals surface area contributed by atoms with Crippen LogP contribution in [-0.4, -0.2) is 44.7 Å². The summed E-state index contributed by atoms with van der Waals surface area (Å²) in [5.74, 6) is 0.489. The average molecular weight is 515 g/mol. The summed E-state index contributed by atoms with van der Waals surface area (Å²) in [6.07, 6.45) is 5.69. The van der Waals surface area contributed by atoms with Gasteiger partial charge in [0.25, 0.3) is 5.91 Å². The number of anilines is 1. The molecular weight excluding hydrogens is 476 g/mol. The fraction of sp³-hybridized carbons (Fsp3) is 0.517. The standard InChI is InChI=1S/C29H39ClN2O4/c1-21(31-27(33)25-20-23(30)11-14-26(25)32-16-6-5-7-17-32)19-22-9-12-24(13-10-22)36-18-8-15-29(2,3)28(34)35-4/h9-14,20-21H,5-8,15-19H2,1-4H3,(H,31,33). The number of hydrogen-bond acceptors (Lipinski definition) is 5. The topological polar surface area (TPSA) is 67.9 Å². The third-order valence-corrected chi connectivity index (χ3v) is 6.93. The van der Waals surface area contributed by atoms with Crippen molar-refractivity contribution < 1.29 is 19.1 Å². The van der Waals surface area contributed by atoms with Crippen molar-refractivity contribution in [2.45, 2.75) is 65.3 Å². The van der Waals surface area contributed by atoms with E-state index in [1.165, 1.54) is 13.5 Å². The number of halogens is 1. The molecule has 36 heavy (non-hydrogen) atoms. The highest BCUT2D eigenvalue weighted by Crippen LogP contribution is 2.28. The number of nitrogens with one attached hydrogen (secondary N) is 1. The smallest absolute Gasteiger partial charge is 0.311 e. The van der Waals surface area contributed by atoms with Crippen molar-refractivity contribution in [3.05, 3.63) is 58.6 Å². The summed E-state index contributed by atoms with van der Waals surface area (Å²) in [6.45, 7) is 8.24. The molecule has 1 amide bonds. The molecule has 6 nitrogen and oxygen atoms in total. The van der Waals surface area contributed by atoms with Gasteiger partial charge in [0.05, 0.1) is 24.7 Å². The second-order valence-electron chi connectivity index (χ2n) is 10.3. The lowest BCUT2D eigenvalue weighted by Crippen LogP contribution is -2.36. The van der Waals surface area contributed by atoms with Crippen molar-refractivity contribution in [2.75, 3.05) is 31.7 Å². The molecule has 0 aliphatic carbocycles. The van der Waals surface area contributed by atoms with Gasteiger partial charge in [-0.25, -0.2) is 0 Å². The van der Waals surface area contributed by atoms with E-state index < -0.39 is 5.41 Å². The minimum atomic E-state index is -0.512. The zero-order chi connectivity index (χ0) is 26.1. The zero-order valence-electron chi connectivity index (χ0n) is 21.9. The minimum Gasteiger partial charge on any atom is -0.494 e. The first-order chi connectivity index (χ1) is 17.2. The summed E-state index contributed by atoms with van der Waals surface area (Å²) in [4.78, 5) is 27.2. The van der Waals surface area contributed by atoms with Crippen LogP contribution in [0.2, 0.25) is 5.02 Å². The molecule has 0 saturated carbocycles. The number of piperidine rings is 1. The van der Waals surface area contributed by atoms with E-state index in [2.05, 4.69) is 10.2 Å². The van der Waals surface area contributed by atoms with Gasteiger partial charge in [0, 0.05) is 29.8 Å². The second-order valence-corrected chi connectivity index (χ2v) is 10.7. The predicted molar refractivity (Wildman–Crippen MR) is 145 cm³/mol. The number of carbonyl (C=O) groups excluding carboxylic acids is 2. The number of esters is 1. The van der Waals surface area contributed by atoms with Gasteiger partial charge in [-0.1, -0.05) is 23.7 Å². The molecule has 3 rings (SSSR count). The van der Waals surface area contributed by atoms with E-state index >= 15 is 0 Å². The summed E-state index contributed by atoms with van der Waals surface area (Å²) in [5.41, 5.74) is 2.20. The van der Waals surface area contributed by atoms with Crippen LogP contribution in [0.1, 0.15) is 68.8 Å². The number of rotatable bonds is 11. The van der Waals surface area contributed by atoms with Crippen LogP contribution in [0.3, 0.4) is 0 Å². The molecule has 196 valence electrons. The van der Waals surface area contributed by atoms with Crippen LogP contribution in [0.5, 0.6) is 5.75 Å². The molecule has 2 aromatic rings. The summed E-state index contributed by atoms with van der Waals surface area (Å²) in [6, 6.07) is 13.5. The largest absolute Gasteiger partial charge is 0.494 e. The Hall–Kier alpha value is -2.73. The van der Waals surface area contributed by atoms with Crippen LogP contribution in [-0.2, 0) is 16.0 Å². The normalized spacial score (nSPS) is 14.8. The molecule has 0 aromatic heterocycles. The summed E-state index contributed by atoms with van der Waals surface area (Å²) in [7, 11) is 1.42. The SMILES string of the molecule is COC(=O)C(C)(C)CCCOc1ccc(CC(C)NC(=O)c2cc(Cl)ccc2N2CCCCC2)cc1. The van der Waals surface area contributed by atoms with Gasteiger partial charge in [-0.15, -0.1) is 0 Å². The molecule has 2 aromatic carbocycles. The number of ether oxygens (including phenoxy) is 2. The van der Waals surface area contributed by atoms with Crippen LogP contribution in [0.4, 0.5) is 5.69 Å². The van der Waals surface area contributed by atoms with E-state index in [0.717, 1.165) is 49.4 Å². The van der Waals surface area contributed by atoms with Gasteiger partial charge in [-0.3, -0.25) is 9.59 Å². The first kappa shape index (κ1) is 27.9. The van der Waals surface area contributed by atoms with Gasteiger partial charge in [-0.05, 0) is 95.2 Å². The Labute approximate surface area is 220 Å². The second kappa shape index (κ2) is 13.0. The highest BCUT2D eigenvalue weighted by atomic mass is 35.5. The molecule has 0 radical (unpaired) electrons. The Bertz CT molecular complexity index is 1020. The number of amides is 1. The molecule has 1 aliphatic heterocycles. The third-order valence-electron chi connectivity index (χ3n) is 6.70. The van der Waals surface area contributed by atoms with E-state index in [-0.39, 0.29) is 17.9 Å². The molecule has 1 N–H and O–H groups in total. The monoisotopic (exact) mass is 514 g/mol. The van der Waals surface area contributed by atoms with Gasteiger partial charge >= 0.3 is 5.97 Å². The number of hydrogen-bond donors (Lipinski definition) is 1.